The molecule has 0 unspecified atom stereocenters. The van der Waals surface area contributed by atoms with Crippen LogP contribution in [0.1, 0.15) is 11.4 Å². The summed E-state index contributed by atoms with van der Waals surface area (Å²) in [6, 6.07) is 9.80. The predicted octanol–water partition coefficient (Wildman–Crippen LogP) is 2.00. The zero-order valence-corrected chi connectivity index (χ0v) is 12.5. The molecule has 0 atom stereocenters. The molecule has 5 heteroatoms. The topological polar surface area (TPSA) is 54.1 Å². The van der Waals surface area contributed by atoms with Gasteiger partial charge in [-0.05, 0) is 24.7 Å². The Morgan fingerprint density at radius 2 is 2.10 bits per heavy atom. The molecule has 0 aliphatic rings. The normalized spacial score (nSPS) is 10.6. The summed E-state index contributed by atoms with van der Waals surface area (Å²) in [7, 11) is 4.05. The molecular weight excluding hydrogens is 264 g/mol. The van der Waals surface area contributed by atoms with Crippen LogP contribution in [0.3, 0.4) is 0 Å². The Bertz CT molecular complexity index is 597. The number of imidazole rings is 1. The minimum atomic E-state index is 0.437. The number of hydrogen-bond acceptors (Lipinski definition) is 4. The monoisotopic (exact) mass is 284 g/mol. The summed E-state index contributed by atoms with van der Waals surface area (Å²) in [6.45, 7) is 2.25. The fourth-order valence-electron chi connectivity index (χ4n) is 1.98. The van der Waals surface area contributed by atoms with E-state index in [1.165, 1.54) is 0 Å². The lowest BCUT2D eigenvalue weighted by molar-refractivity contribution is 0.228. The van der Waals surface area contributed by atoms with Crippen LogP contribution in [0.15, 0.2) is 36.7 Å². The van der Waals surface area contributed by atoms with Gasteiger partial charge in [-0.2, -0.15) is 5.26 Å². The smallest absolute Gasteiger partial charge is 0.122 e. The zero-order chi connectivity index (χ0) is 15.1. The second-order valence-corrected chi connectivity index (χ2v) is 5.02. The van der Waals surface area contributed by atoms with Gasteiger partial charge in [0.15, 0.2) is 0 Å². The highest BCUT2D eigenvalue weighted by atomic mass is 16.5. The minimum absolute atomic E-state index is 0.437. The van der Waals surface area contributed by atoms with E-state index < -0.39 is 0 Å². The van der Waals surface area contributed by atoms with Crippen LogP contribution in [-0.2, 0) is 20.0 Å². The maximum absolute atomic E-state index is 8.62. The average molecular weight is 284 g/mol. The second-order valence-electron chi connectivity index (χ2n) is 5.02. The van der Waals surface area contributed by atoms with Gasteiger partial charge in [-0.3, -0.25) is 4.90 Å². The number of nitriles is 1. The lowest BCUT2D eigenvalue weighted by Crippen LogP contribution is -2.25. The van der Waals surface area contributed by atoms with Crippen LogP contribution in [-0.4, -0.2) is 34.7 Å². The number of hydrogen-bond donors (Lipinski definition) is 0. The molecule has 0 aliphatic heterocycles. The van der Waals surface area contributed by atoms with E-state index >= 15 is 0 Å². The minimum Gasteiger partial charge on any atom is -0.492 e. The van der Waals surface area contributed by atoms with E-state index in [1.807, 2.05) is 55.3 Å². The van der Waals surface area contributed by atoms with Crippen molar-refractivity contribution >= 4 is 0 Å². The van der Waals surface area contributed by atoms with Crippen LogP contribution in [0.5, 0.6) is 5.75 Å². The van der Waals surface area contributed by atoms with Crippen molar-refractivity contribution in [1.29, 1.82) is 5.26 Å². The van der Waals surface area contributed by atoms with Crippen molar-refractivity contribution in [3.63, 3.8) is 0 Å². The number of nitrogens with zero attached hydrogens (tertiary/aromatic N) is 4. The molecule has 0 N–H and O–H groups in total. The number of rotatable bonds is 7. The van der Waals surface area contributed by atoms with Crippen molar-refractivity contribution in [3.05, 3.63) is 48.0 Å². The summed E-state index contributed by atoms with van der Waals surface area (Å²) in [5.41, 5.74) is 1.01. The highest BCUT2D eigenvalue weighted by Gasteiger charge is 2.04. The van der Waals surface area contributed by atoms with Crippen molar-refractivity contribution in [2.24, 2.45) is 7.05 Å². The number of likely N-dealkylation sites (N-methyl/N-ethyl adjacent to an activating group) is 1. The molecule has 21 heavy (non-hydrogen) atoms. The first kappa shape index (κ1) is 15.1. The Morgan fingerprint density at radius 3 is 2.71 bits per heavy atom. The highest BCUT2D eigenvalue weighted by Crippen LogP contribution is 2.12. The van der Waals surface area contributed by atoms with E-state index in [9.17, 15) is 0 Å². The maximum atomic E-state index is 8.62. The van der Waals surface area contributed by atoms with E-state index in [0.717, 1.165) is 30.2 Å². The summed E-state index contributed by atoms with van der Waals surface area (Å²) in [5.74, 6) is 1.88. The quantitative estimate of drug-likeness (QED) is 0.780. The second kappa shape index (κ2) is 7.46. The standard InChI is InChI=1S/C16H20N4O/c1-19(13-16-18-9-10-20(16)2)11-12-21-15-5-3-14(4-6-15)7-8-17/h3-6,9-10H,7,11-13H2,1-2H3. The third kappa shape index (κ3) is 4.62. The van der Waals surface area contributed by atoms with Gasteiger partial charge >= 0.3 is 0 Å². The van der Waals surface area contributed by atoms with E-state index in [0.29, 0.717) is 13.0 Å². The summed E-state index contributed by atoms with van der Waals surface area (Å²) in [5, 5.41) is 8.62. The van der Waals surface area contributed by atoms with Gasteiger partial charge in [0, 0.05) is 26.0 Å². The van der Waals surface area contributed by atoms with Crippen LogP contribution in [0, 0.1) is 11.3 Å². The van der Waals surface area contributed by atoms with Gasteiger partial charge < -0.3 is 9.30 Å². The van der Waals surface area contributed by atoms with E-state index in [-0.39, 0.29) is 0 Å². The van der Waals surface area contributed by atoms with Crippen molar-refractivity contribution < 1.29 is 4.74 Å². The highest BCUT2D eigenvalue weighted by molar-refractivity contribution is 5.28. The molecule has 1 heterocycles. The Morgan fingerprint density at radius 1 is 1.33 bits per heavy atom. The molecule has 2 rings (SSSR count). The third-order valence-corrected chi connectivity index (χ3v) is 3.28. The van der Waals surface area contributed by atoms with Gasteiger partial charge in [0.05, 0.1) is 19.0 Å². The van der Waals surface area contributed by atoms with Crippen molar-refractivity contribution in [3.8, 4) is 11.8 Å². The van der Waals surface area contributed by atoms with Gasteiger partial charge in [-0.25, -0.2) is 4.98 Å². The Kier molecular flexibility index (Phi) is 5.35. The van der Waals surface area contributed by atoms with Gasteiger partial charge in [0.2, 0.25) is 0 Å². The lowest BCUT2D eigenvalue weighted by atomic mass is 10.2. The average Bonchev–Trinajstić information content (AvgIpc) is 2.86. The van der Waals surface area contributed by atoms with Crippen LogP contribution in [0.25, 0.3) is 0 Å². The Balaban J connectivity index is 1.73. The Labute approximate surface area is 125 Å². The molecule has 0 saturated heterocycles. The molecule has 0 fully saturated rings. The molecule has 5 nitrogen and oxygen atoms in total. The number of ether oxygens (including phenoxy) is 1. The number of aryl methyl sites for hydroxylation is 1. The molecule has 0 amide bonds. The van der Waals surface area contributed by atoms with E-state index in [2.05, 4.69) is 16.0 Å². The number of benzene rings is 1. The molecule has 1 aromatic carbocycles. The van der Waals surface area contributed by atoms with Crippen LogP contribution in [0.2, 0.25) is 0 Å². The first-order chi connectivity index (χ1) is 10.2. The maximum Gasteiger partial charge on any atom is 0.122 e. The van der Waals surface area contributed by atoms with Crippen molar-refractivity contribution in [2.45, 2.75) is 13.0 Å². The van der Waals surface area contributed by atoms with Crippen LogP contribution < -0.4 is 4.74 Å². The van der Waals surface area contributed by atoms with Gasteiger partial charge in [-0.15, -0.1) is 0 Å². The fraction of sp³-hybridized carbons (Fsp3) is 0.375. The summed E-state index contributed by atoms with van der Waals surface area (Å²) < 4.78 is 7.73. The largest absolute Gasteiger partial charge is 0.492 e. The van der Waals surface area contributed by atoms with Gasteiger partial charge in [-0.1, -0.05) is 12.1 Å². The molecule has 110 valence electrons. The van der Waals surface area contributed by atoms with Crippen LogP contribution >= 0.6 is 0 Å². The van der Waals surface area contributed by atoms with Crippen molar-refractivity contribution in [2.75, 3.05) is 20.2 Å². The summed E-state index contributed by atoms with van der Waals surface area (Å²) in [6.07, 6.45) is 4.19. The molecule has 0 aliphatic carbocycles. The van der Waals surface area contributed by atoms with Gasteiger partial charge in [0.25, 0.3) is 0 Å². The molecule has 0 radical (unpaired) electrons. The number of aromatic nitrogens is 2. The van der Waals surface area contributed by atoms with E-state index in [1.54, 1.807) is 0 Å². The van der Waals surface area contributed by atoms with Crippen molar-refractivity contribution in [1.82, 2.24) is 14.5 Å². The molecule has 0 saturated carbocycles. The molecule has 1 aromatic heterocycles. The molecule has 0 bridgehead atoms. The molecular formula is C16H20N4O. The fourth-order valence-corrected chi connectivity index (χ4v) is 1.98. The molecule has 0 spiro atoms. The molecule has 2 aromatic rings. The van der Waals surface area contributed by atoms with E-state index in [4.69, 9.17) is 10.00 Å². The predicted molar refractivity (Wildman–Crippen MR) is 80.8 cm³/mol. The third-order valence-electron chi connectivity index (χ3n) is 3.28. The summed E-state index contributed by atoms with van der Waals surface area (Å²) in [4.78, 5) is 6.48. The zero-order valence-electron chi connectivity index (χ0n) is 12.5. The Hall–Kier alpha value is -2.32. The first-order valence-electron chi connectivity index (χ1n) is 6.92. The lowest BCUT2D eigenvalue weighted by Gasteiger charge is -2.16. The van der Waals surface area contributed by atoms with Crippen LogP contribution in [0.4, 0.5) is 0 Å². The SMILES string of the molecule is CN(CCOc1ccc(CC#N)cc1)Cc1nccn1C. The van der Waals surface area contributed by atoms with Gasteiger partial charge in [0.1, 0.15) is 18.2 Å². The first-order valence-corrected chi connectivity index (χ1v) is 6.92. The summed E-state index contributed by atoms with van der Waals surface area (Å²) >= 11 is 0.